The summed E-state index contributed by atoms with van der Waals surface area (Å²) in [5.74, 6) is 1.25. The molecule has 0 spiro atoms. The van der Waals surface area contributed by atoms with Crippen molar-refractivity contribution >= 4 is 11.8 Å². The summed E-state index contributed by atoms with van der Waals surface area (Å²) in [5.41, 5.74) is 0.937. The maximum Gasteiger partial charge on any atom is 0.222 e. The van der Waals surface area contributed by atoms with Gasteiger partial charge in [0.15, 0.2) is 0 Å². The van der Waals surface area contributed by atoms with Gasteiger partial charge in [-0.1, -0.05) is 32.0 Å². The quantitative estimate of drug-likeness (QED) is 0.761. The first kappa shape index (κ1) is 19.0. The van der Waals surface area contributed by atoms with E-state index in [1.54, 1.807) is 18.9 Å². The highest BCUT2D eigenvalue weighted by Crippen LogP contribution is 2.16. The Balaban J connectivity index is 2.41. The Bertz CT molecular complexity index is 515. The van der Waals surface area contributed by atoms with Crippen molar-refractivity contribution in [3.63, 3.8) is 0 Å². The highest BCUT2D eigenvalue weighted by Gasteiger charge is 2.12. The molecule has 1 N–H and O–H groups in total. The number of hydrogen-bond acceptors (Lipinski definition) is 3. The second-order valence-electron chi connectivity index (χ2n) is 6.03. The number of rotatable bonds is 9. The molecule has 0 fully saturated rings. The Morgan fingerprint density at radius 2 is 1.91 bits per heavy atom. The van der Waals surface area contributed by atoms with Crippen molar-refractivity contribution in [1.82, 2.24) is 10.2 Å². The third-order valence-corrected chi connectivity index (χ3v) is 3.70. The van der Waals surface area contributed by atoms with Gasteiger partial charge in [0.1, 0.15) is 5.75 Å². The van der Waals surface area contributed by atoms with Crippen molar-refractivity contribution in [2.24, 2.45) is 5.92 Å². The monoisotopic (exact) mass is 320 g/mol. The van der Waals surface area contributed by atoms with Crippen LogP contribution in [0.25, 0.3) is 0 Å². The van der Waals surface area contributed by atoms with Gasteiger partial charge < -0.3 is 15.0 Å². The fourth-order valence-corrected chi connectivity index (χ4v) is 2.21. The zero-order chi connectivity index (χ0) is 17.2. The SMILES string of the molecule is COc1ccccc1CNC(=O)CCN(CCC(C)C)C(C)=O. The maximum atomic E-state index is 12.0. The van der Waals surface area contributed by atoms with E-state index in [0.717, 1.165) is 17.7 Å². The fraction of sp³-hybridized carbons (Fsp3) is 0.556. The van der Waals surface area contributed by atoms with Crippen LogP contribution in [0.2, 0.25) is 0 Å². The molecule has 0 aromatic heterocycles. The Labute approximate surface area is 139 Å². The van der Waals surface area contributed by atoms with E-state index in [1.807, 2.05) is 24.3 Å². The molecule has 1 rings (SSSR count). The van der Waals surface area contributed by atoms with Crippen LogP contribution < -0.4 is 10.1 Å². The Hall–Kier alpha value is -2.04. The summed E-state index contributed by atoms with van der Waals surface area (Å²) >= 11 is 0. The van der Waals surface area contributed by atoms with Crippen molar-refractivity contribution in [1.29, 1.82) is 0 Å². The highest BCUT2D eigenvalue weighted by atomic mass is 16.5. The lowest BCUT2D eigenvalue weighted by Gasteiger charge is -2.21. The molecule has 0 heterocycles. The van der Waals surface area contributed by atoms with Crippen molar-refractivity contribution in [3.05, 3.63) is 29.8 Å². The number of nitrogens with one attached hydrogen (secondary N) is 1. The van der Waals surface area contributed by atoms with Gasteiger partial charge >= 0.3 is 0 Å². The van der Waals surface area contributed by atoms with Gasteiger partial charge in [-0.15, -0.1) is 0 Å². The van der Waals surface area contributed by atoms with Gasteiger partial charge in [0.2, 0.25) is 11.8 Å². The third-order valence-electron chi connectivity index (χ3n) is 3.70. The van der Waals surface area contributed by atoms with Crippen LogP contribution in [0.4, 0.5) is 0 Å². The molecule has 0 saturated heterocycles. The first-order chi connectivity index (χ1) is 10.9. The number of ether oxygens (including phenoxy) is 1. The number of hydrogen-bond donors (Lipinski definition) is 1. The average molecular weight is 320 g/mol. The van der Waals surface area contributed by atoms with Crippen molar-refractivity contribution in [3.8, 4) is 5.75 Å². The molecule has 1 aromatic carbocycles. The predicted molar refractivity (Wildman–Crippen MR) is 91.2 cm³/mol. The van der Waals surface area contributed by atoms with Crippen molar-refractivity contribution < 1.29 is 14.3 Å². The molecule has 0 atom stereocenters. The standard InChI is InChI=1S/C18H28N2O3/c1-14(2)9-11-20(15(3)21)12-10-18(22)19-13-16-7-5-6-8-17(16)23-4/h5-8,14H,9-13H2,1-4H3,(H,19,22). The van der Waals surface area contributed by atoms with E-state index < -0.39 is 0 Å². The number of carbonyl (C=O) groups excluding carboxylic acids is 2. The Kier molecular flexibility index (Phi) is 8.16. The number of amides is 2. The maximum absolute atomic E-state index is 12.0. The van der Waals surface area contributed by atoms with E-state index >= 15 is 0 Å². The van der Waals surface area contributed by atoms with Gasteiger partial charge in [-0.05, 0) is 18.4 Å². The van der Waals surface area contributed by atoms with E-state index in [4.69, 9.17) is 4.74 Å². The molecule has 128 valence electrons. The minimum Gasteiger partial charge on any atom is -0.496 e. The van der Waals surface area contributed by atoms with Gasteiger partial charge in [-0.25, -0.2) is 0 Å². The first-order valence-corrected chi connectivity index (χ1v) is 8.08. The summed E-state index contributed by atoms with van der Waals surface area (Å²) in [7, 11) is 1.61. The number of nitrogens with zero attached hydrogens (tertiary/aromatic N) is 1. The summed E-state index contributed by atoms with van der Waals surface area (Å²) in [6.07, 6.45) is 1.26. The zero-order valence-corrected chi connectivity index (χ0v) is 14.6. The Morgan fingerprint density at radius 1 is 1.22 bits per heavy atom. The zero-order valence-electron chi connectivity index (χ0n) is 14.6. The molecule has 1 aromatic rings. The summed E-state index contributed by atoms with van der Waals surface area (Å²) in [6, 6.07) is 7.59. The average Bonchev–Trinajstić information content (AvgIpc) is 2.52. The molecule has 0 aliphatic carbocycles. The van der Waals surface area contributed by atoms with Crippen molar-refractivity contribution in [2.45, 2.75) is 40.2 Å². The van der Waals surface area contributed by atoms with E-state index in [9.17, 15) is 9.59 Å². The molecular formula is C18H28N2O3. The Morgan fingerprint density at radius 3 is 2.52 bits per heavy atom. The summed E-state index contributed by atoms with van der Waals surface area (Å²) in [5, 5.41) is 2.88. The number of benzene rings is 1. The minimum atomic E-state index is -0.0632. The van der Waals surface area contributed by atoms with Gasteiger partial charge in [0.25, 0.3) is 0 Å². The van der Waals surface area contributed by atoms with E-state index in [1.165, 1.54) is 0 Å². The van der Waals surface area contributed by atoms with Crippen LogP contribution >= 0.6 is 0 Å². The smallest absolute Gasteiger partial charge is 0.222 e. The lowest BCUT2D eigenvalue weighted by atomic mass is 10.1. The normalized spacial score (nSPS) is 10.5. The molecule has 5 heteroatoms. The van der Waals surface area contributed by atoms with Crippen LogP contribution in [-0.4, -0.2) is 36.9 Å². The van der Waals surface area contributed by atoms with Crippen LogP contribution in [0.5, 0.6) is 5.75 Å². The number of methoxy groups -OCH3 is 1. The second kappa shape index (κ2) is 9.87. The van der Waals surface area contributed by atoms with Crippen molar-refractivity contribution in [2.75, 3.05) is 20.2 Å². The minimum absolute atomic E-state index is 0.0168. The predicted octanol–water partition coefficient (Wildman–Crippen LogP) is 2.60. The third kappa shape index (κ3) is 7.17. The highest BCUT2D eigenvalue weighted by molar-refractivity contribution is 5.78. The lowest BCUT2D eigenvalue weighted by molar-refractivity contribution is -0.129. The molecule has 23 heavy (non-hydrogen) atoms. The van der Waals surface area contributed by atoms with E-state index in [2.05, 4.69) is 19.2 Å². The molecule has 0 bridgehead atoms. The van der Waals surface area contributed by atoms with Gasteiger partial charge in [0.05, 0.1) is 7.11 Å². The van der Waals surface area contributed by atoms with Crippen LogP contribution in [0.15, 0.2) is 24.3 Å². The molecule has 0 aliphatic rings. The van der Waals surface area contributed by atoms with Gasteiger partial charge in [-0.2, -0.15) is 0 Å². The fourth-order valence-electron chi connectivity index (χ4n) is 2.21. The molecule has 0 radical (unpaired) electrons. The van der Waals surface area contributed by atoms with Crippen LogP contribution in [0.1, 0.15) is 39.2 Å². The molecule has 0 aliphatic heterocycles. The van der Waals surface area contributed by atoms with E-state index in [-0.39, 0.29) is 11.8 Å². The topological polar surface area (TPSA) is 58.6 Å². The van der Waals surface area contributed by atoms with E-state index in [0.29, 0.717) is 32.0 Å². The molecule has 2 amide bonds. The molecule has 0 saturated carbocycles. The van der Waals surface area contributed by atoms with Crippen LogP contribution in [0, 0.1) is 5.92 Å². The molecule has 5 nitrogen and oxygen atoms in total. The summed E-state index contributed by atoms with van der Waals surface area (Å²) in [6.45, 7) is 7.38. The summed E-state index contributed by atoms with van der Waals surface area (Å²) in [4.78, 5) is 25.3. The van der Waals surface area contributed by atoms with Gasteiger partial charge in [0, 0.05) is 38.5 Å². The molecule has 0 unspecified atom stereocenters. The lowest BCUT2D eigenvalue weighted by Crippen LogP contribution is -2.34. The largest absolute Gasteiger partial charge is 0.496 e. The summed E-state index contributed by atoms with van der Waals surface area (Å²) < 4.78 is 5.26. The van der Waals surface area contributed by atoms with Crippen LogP contribution in [-0.2, 0) is 16.1 Å². The second-order valence-corrected chi connectivity index (χ2v) is 6.03. The number of carbonyl (C=O) groups is 2. The number of para-hydroxylation sites is 1. The van der Waals surface area contributed by atoms with Gasteiger partial charge in [-0.3, -0.25) is 9.59 Å². The van der Waals surface area contributed by atoms with Crippen LogP contribution in [0.3, 0.4) is 0 Å². The molecular weight excluding hydrogens is 292 g/mol. The first-order valence-electron chi connectivity index (χ1n) is 8.08.